The molecule has 3 heteroatoms. The standard InChI is InChI=1S/C12H12O3/c1-4-9-6-10(12(13)14-3)8-11(7-9)15-5-2/h1,6-8H,5H2,2-3H3. The molecular weight excluding hydrogens is 192 g/mol. The number of esters is 1. The number of ether oxygens (including phenoxy) is 2. The second-order valence-electron chi connectivity index (χ2n) is 2.81. The van der Waals surface area contributed by atoms with Crippen molar-refractivity contribution >= 4 is 5.97 Å². The van der Waals surface area contributed by atoms with Gasteiger partial charge in [0.05, 0.1) is 19.3 Å². The summed E-state index contributed by atoms with van der Waals surface area (Å²) in [5.74, 6) is 2.61. The molecule has 0 spiro atoms. The van der Waals surface area contributed by atoms with Gasteiger partial charge in [0.2, 0.25) is 0 Å². The summed E-state index contributed by atoms with van der Waals surface area (Å²) in [6.45, 7) is 2.38. The minimum absolute atomic E-state index is 0.399. The minimum atomic E-state index is -0.423. The Balaban J connectivity index is 3.12. The number of hydrogen-bond acceptors (Lipinski definition) is 3. The highest BCUT2D eigenvalue weighted by molar-refractivity contribution is 5.90. The summed E-state index contributed by atoms with van der Waals surface area (Å²) in [6, 6.07) is 4.90. The van der Waals surface area contributed by atoms with E-state index >= 15 is 0 Å². The number of hydrogen-bond donors (Lipinski definition) is 0. The third-order valence-corrected chi connectivity index (χ3v) is 1.81. The van der Waals surface area contributed by atoms with Crippen molar-refractivity contribution < 1.29 is 14.3 Å². The number of methoxy groups -OCH3 is 1. The third-order valence-electron chi connectivity index (χ3n) is 1.81. The molecular formula is C12H12O3. The summed E-state index contributed by atoms with van der Waals surface area (Å²) in [7, 11) is 1.32. The molecule has 0 bridgehead atoms. The van der Waals surface area contributed by atoms with Crippen LogP contribution in [0.25, 0.3) is 0 Å². The highest BCUT2D eigenvalue weighted by Gasteiger charge is 2.08. The molecule has 0 aromatic heterocycles. The third kappa shape index (κ3) is 2.75. The Labute approximate surface area is 89.0 Å². The molecule has 0 saturated carbocycles. The largest absolute Gasteiger partial charge is 0.494 e. The first kappa shape index (κ1) is 11.1. The zero-order valence-electron chi connectivity index (χ0n) is 8.74. The van der Waals surface area contributed by atoms with Gasteiger partial charge in [0.1, 0.15) is 5.75 Å². The molecule has 0 aliphatic heterocycles. The predicted octanol–water partition coefficient (Wildman–Crippen LogP) is 1.85. The monoisotopic (exact) mass is 204 g/mol. The van der Waals surface area contributed by atoms with Crippen molar-refractivity contribution in [3.8, 4) is 18.1 Å². The summed E-state index contributed by atoms with van der Waals surface area (Å²) in [6.07, 6.45) is 5.27. The second-order valence-corrected chi connectivity index (χ2v) is 2.81. The van der Waals surface area contributed by atoms with Crippen molar-refractivity contribution in [2.75, 3.05) is 13.7 Å². The number of carbonyl (C=O) groups excluding carboxylic acids is 1. The van der Waals surface area contributed by atoms with Crippen LogP contribution in [-0.4, -0.2) is 19.7 Å². The van der Waals surface area contributed by atoms with Gasteiger partial charge in [-0.15, -0.1) is 6.42 Å². The summed E-state index contributed by atoms with van der Waals surface area (Å²) >= 11 is 0. The smallest absolute Gasteiger partial charge is 0.338 e. The molecule has 1 rings (SSSR count). The Bertz CT molecular complexity index is 402. The Morgan fingerprint density at radius 1 is 1.47 bits per heavy atom. The van der Waals surface area contributed by atoms with E-state index in [0.29, 0.717) is 23.5 Å². The molecule has 1 aromatic rings. The molecule has 1 aromatic carbocycles. The summed E-state index contributed by atoms with van der Waals surface area (Å²) < 4.78 is 9.89. The first-order valence-corrected chi connectivity index (χ1v) is 4.54. The maximum atomic E-state index is 11.3. The Hall–Kier alpha value is -1.95. The van der Waals surface area contributed by atoms with Gasteiger partial charge in [-0.3, -0.25) is 0 Å². The van der Waals surface area contributed by atoms with Crippen LogP contribution in [0, 0.1) is 12.3 Å². The van der Waals surface area contributed by atoms with E-state index in [4.69, 9.17) is 11.2 Å². The fourth-order valence-corrected chi connectivity index (χ4v) is 1.17. The van der Waals surface area contributed by atoms with Crippen LogP contribution >= 0.6 is 0 Å². The quantitative estimate of drug-likeness (QED) is 0.556. The lowest BCUT2D eigenvalue weighted by molar-refractivity contribution is 0.0600. The van der Waals surface area contributed by atoms with Gasteiger partial charge in [-0.1, -0.05) is 5.92 Å². The maximum Gasteiger partial charge on any atom is 0.338 e. The molecule has 0 N–H and O–H groups in total. The van der Waals surface area contributed by atoms with Gasteiger partial charge in [0.15, 0.2) is 0 Å². The molecule has 15 heavy (non-hydrogen) atoms. The molecule has 0 amide bonds. The molecule has 0 saturated heterocycles. The van der Waals surface area contributed by atoms with Crippen molar-refractivity contribution in [3.05, 3.63) is 29.3 Å². The van der Waals surface area contributed by atoms with Gasteiger partial charge < -0.3 is 9.47 Å². The molecule has 0 atom stereocenters. The molecule has 0 heterocycles. The summed E-state index contributed by atoms with van der Waals surface area (Å²) in [5, 5.41) is 0. The minimum Gasteiger partial charge on any atom is -0.494 e. The average Bonchev–Trinajstić information content (AvgIpc) is 2.28. The van der Waals surface area contributed by atoms with Crippen LogP contribution in [0.5, 0.6) is 5.75 Å². The lowest BCUT2D eigenvalue weighted by Gasteiger charge is -2.06. The number of rotatable bonds is 3. The van der Waals surface area contributed by atoms with Gasteiger partial charge in [-0.05, 0) is 25.1 Å². The van der Waals surface area contributed by atoms with Crippen molar-refractivity contribution in [2.24, 2.45) is 0 Å². The van der Waals surface area contributed by atoms with Crippen LogP contribution in [0.4, 0.5) is 0 Å². The van der Waals surface area contributed by atoms with Crippen LogP contribution in [0.15, 0.2) is 18.2 Å². The molecule has 0 fully saturated rings. The molecule has 0 aliphatic carbocycles. The van der Waals surface area contributed by atoms with E-state index in [9.17, 15) is 4.79 Å². The van der Waals surface area contributed by atoms with Gasteiger partial charge in [-0.2, -0.15) is 0 Å². The van der Waals surface area contributed by atoms with Crippen molar-refractivity contribution in [1.29, 1.82) is 0 Å². The fraction of sp³-hybridized carbons (Fsp3) is 0.250. The van der Waals surface area contributed by atoms with Crippen LogP contribution in [-0.2, 0) is 4.74 Å². The Kier molecular flexibility index (Phi) is 3.75. The van der Waals surface area contributed by atoms with Gasteiger partial charge in [0, 0.05) is 5.56 Å². The first-order valence-electron chi connectivity index (χ1n) is 4.54. The first-order chi connectivity index (χ1) is 7.21. The zero-order chi connectivity index (χ0) is 11.3. The van der Waals surface area contributed by atoms with E-state index < -0.39 is 5.97 Å². The highest BCUT2D eigenvalue weighted by Crippen LogP contribution is 2.17. The van der Waals surface area contributed by atoms with Crippen LogP contribution in [0.3, 0.4) is 0 Å². The van der Waals surface area contributed by atoms with E-state index in [-0.39, 0.29) is 0 Å². The van der Waals surface area contributed by atoms with Crippen LogP contribution < -0.4 is 4.74 Å². The van der Waals surface area contributed by atoms with E-state index in [2.05, 4.69) is 10.7 Å². The van der Waals surface area contributed by atoms with Gasteiger partial charge in [0.25, 0.3) is 0 Å². The van der Waals surface area contributed by atoms with Crippen LogP contribution in [0.2, 0.25) is 0 Å². The lowest BCUT2D eigenvalue weighted by Crippen LogP contribution is -2.03. The van der Waals surface area contributed by atoms with E-state index in [1.807, 2.05) is 6.92 Å². The van der Waals surface area contributed by atoms with Gasteiger partial charge >= 0.3 is 5.97 Å². The second kappa shape index (κ2) is 5.06. The SMILES string of the molecule is C#Cc1cc(OCC)cc(C(=O)OC)c1. The maximum absolute atomic E-state index is 11.3. The predicted molar refractivity (Wildman–Crippen MR) is 56.9 cm³/mol. The van der Waals surface area contributed by atoms with Crippen molar-refractivity contribution in [1.82, 2.24) is 0 Å². The van der Waals surface area contributed by atoms with Gasteiger partial charge in [-0.25, -0.2) is 4.79 Å². The number of terminal acetylenes is 1. The van der Waals surface area contributed by atoms with E-state index in [1.54, 1.807) is 18.2 Å². The van der Waals surface area contributed by atoms with E-state index in [0.717, 1.165) is 0 Å². The Morgan fingerprint density at radius 2 is 2.20 bits per heavy atom. The summed E-state index contributed by atoms with van der Waals surface area (Å²) in [5.41, 5.74) is 0.998. The molecule has 78 valence electrons. The highest BCUT2D eigenvalue weighted by atomic mass is 16.5. The summed E-state index contributed by atoms with van der Waals surface area (Å²) in [4.78, 5) is 11.3. The molecule has 3 nitrogen and oxygen atoms in total. The molecule has 0 aliphatic rings. The van der Waals surface area contributed by atoms with Crippen molar-refractivity contribution in [3.63, 3.8) is 0 Å². The lowest BCUT2D eigenvalue weighted by atomic mass is 10.1. The molecule has 0 radical (unpaired) electrons. The van der Waals surface area contributed by atoms with E-state index in [1.165, 1.54) is 7.11 Å². The zero-order valence-corrected chi connectivity index (χ0v) is 8.74. The average molecular weight is 204 g/mol. The number of carbonyl (C=O) groups is 1. The van der Waals surface area contributed by atoms with Crippen molar-refractivity contribution in [2.45, 2.75) is 6.92 Å². The number of benzene rings is 1. The normalized spacial score (nSPS) is 9.13. The Morgan fingerprint density at radius 3 is 2.73 bits per heavy atom. The van der Waals surface area contributed by atoms with Crippen LogP contribution in [0.1, 0.15) is 22.8 Å². The fourth-order valence-electron chi connectivity index (χ4n) is 1.17. The topological polar surface area (TPSA) is 35.5 Å². The molecule has 0 unspecified atom stereocenters.